The summed E-state index contributed by atoms with van der Waals surface area (Å²) in [6, 6.07) is 4.52. The molecule has 0 amide bonds. The predicted molar refractivity (Wildman–Crippen MR) is 73.0 cm³/mol. The quantitative estimate of drug-likeness (QED) is 0.882. The fourth-order valence-electron chi connectivity index (χ4n) is 3.18. The van der Waals surface area contributed by atoms with Gasteiger partial charge in [-0.3, -0.25) is 0 Å². The number of nitrogens with one attached hydrogen (secondary N) is 1. The van der Waals surface area contributed by atoms with Crippen molar-refractivity contribution in [2.24, 2.45) is 0 Å². The summed E-state index contributed by atoms with van der Waals surface area (Å²) in [7, 11) is 1.58. The molecule has 2 rings (SSSR count). The molecular weight excluding hydrogens is 245 g/mol. The van der Waals surface area contributed by atoms with Crippen molar-refractivity contribution in [3.05, 3.63) is 29.6 Å². The van der Waals surface area contributed by atoms with Gasteiger partial charge < -0.3 is 15.2 Å². The van der Waals surface area contributed by atoms with Crippen LogP contribution in [0, 0.1) is 5.82 Å². The Bertz CT molecular complexity index is 461. The van der Waals surface area contributed by atoms with Crippen LogP contribution in [0.25, 0.3) is 0 Å². The van der Waals surface area contributed by atoms with Crippen LogP contribution in [-0.2, 0) is 5.41 Å². The number of benzene rings is 1. The molecule has 0 aliphatic carbocycles. The summed E-state index contributed by atoms with van der Waals surface area (Å²) in [5.74, 6) is 0.355. The summed E-state index contributed by atoms with van der Waals surface area (Å²) < 4.78 is 18.9. The Morgan fingerprint density at radius 3 is 2.74 bits per heavy atom. The lowest BCUT2D eigenvalue weighted by atomic mass is 9.67. The SMILES string of the molecule is COc1ccc(F)cc1C1(CO)CCNC(C)(C)C1. The Kier molecular flexibility index (Phi) is 3.83. The van der Waals surface area contributed by atoms with Crippen LogP contribution in [0.5, 0.6) is 5.75 Å². The number of piperidine rings is 1. The zero-order chi connectivity index (χ0) is 14.1. The molecule has 1 fully saturated rings. The zero-order valence-corrected chi connectivity index (χ0v) is 11.8. The minimum Gasteiger partial charge on any atom is -0.496 e. The highest BCUT2D eigenvalue weighted by Gasteiger charge is 2.42. The number of aliphatic hydroxyl groups is 1. The van der Waals surface area contributed by atoms with Gasteiger partial charge in [-0.1, -0.05) is 0 Å². The van der Waals surface area contributed by atoms with Crippen molar-refractivity contribution in [2.75, 3.05) is 20.3 Å². The molecule has 4 heteroatoms. The Morgan fingerprint density at radius 2 is 2.16 bits per heavy atom. The van der Waals surface area contributed by atoms with Gasteiger partial charge >= 0.3 is 0 Å². The third-order valence-corrected chi connectivity index (χ3v) is 4.02. The molecule has 1 aliphatic rings. The number of hydrogen-bond donors (Lipinski definition) is 2. The number of halogens is 1. The van der Waals surface area contributed by atoms with Gasteiger partial charge in [-0.25, -0.2) is 4.39 Å². The second kappa shape index (κ2) is 5.10. The van der Waals surface area contributed by atoms with E-state index in [2.05, 4.69) is 19.2 Å². The Balaban J connectivity index is 2.49. The van der Waals surface area contributed by atoms with E-state index in [0.29, 0.717) is 5.75 Å². The lowest BCUT2D eigenvalue weighted by Gasteiger charge is -2.45. The summed E-state index contributed by atoms with van der Waals surface area (Å²) in [4.78, 5) is 0. The van der Waals surface area contributed by atoms with Crippen LogP contribution in [0.15, 0.2) is 18.2 Å². The van der Waals surface area contributed by atoms with Crippen LogP contribution < -0.4 is 10.1 Å². The fraction of sp³-hybridized carbons (Fsp3) is 0.600. The van der Waals surface area contributed by atoms with Crippen LogP contribution in [-0.4, -0.2) is 30.9 Å². The first-order valence-corrected chi connectivity index (χ1v) is 6.62. The molecule has 1 heterocycles. The smallest absolute Gasteiger partial charge is 0.123 e. The molecule has 0 radical (unpaired) electrons. The van der Waals surface area contributed by atoms with Crippen molar-refractivity contribution in [3.63, 3.8) is 0 Å². The van der Waals surface area contributed by atoms with Crippen molar-refractivity contribution < 1.29 is 14.2 Å². The van der Waals surface area contributed by atoms with Gasteiger partial charge in [0.15, 0.2) is 0 Å². The Hall–Kier alpha value is -1.13. The zero-order valence-electron chi connectivity index (χ0n) is 11.8. The summed E-state index contributed by atoms with van der Waals surface area (Å²) in [6.07, 6.45) is 1.52. The van der Waals surface area contributed by atoms with Gasteiger partial charge in [0.2, 0.25) is 0 Å². The van der Waals surface area contributed by atoms with Gasteiger partial charge in [0, 0.05) is 16.5 Å². The average Bonchev–Trinajstić information content (AvgIpc) is 2.37. The average molecular weight is 267 g/mol. The van der Waals surface area contributed by atoms with E-state index in [1.54, 1.807) is 13.2 Å². The van der Waals surface area contributed by atoms with E-state index in [-0.39, 0.29) is 18.0 Å². The fourth-order valence-corrected chi connectivity index (χ4v) is 3.18. The predicted octanol–water partition coefficient (Wildman–Crippen LogP) is 2.23. The first kappa shape index (κ1) is 14.3. The molecule has 1 aromatic carbocycles. The minimum atomic E-state index is -0.442. The largest absolute Gasteiger partial charge is 0.496 e. The van der Waals surface area contributed by atoms with Gasteiger partial charge in [0.1, 0.15) is 11.6 Å². The number of ether oxygens (including phenoxy) is 1. The van der Waals surface area contributed by atoms with Crippen molar-refractivity contribution in [1.29, 1.82) is 0 Å². The van der Waals surface area contributed by atoms with Gasteiger partial charge in [-0.2, -0.15) is 0 Å². The lowest BCUT2D eigenvalue weighted by molar-refractivity contribution is 0.109. The molecule has 1 aromatic rings. The molecule has 1 aliphatic heterocycles. The van der Waals surface area contributed by atoms with Crippen molar-refractivity contribution >= 4 is 0 Å². The topological polar surface area (TPSA) is 41.5 Å². The maximum atomic E-state index is 13.6. The van der Waals surface area contributed by atoms with Gasteiger partial charge in [-0.05, 0) is 51.4 Å². The highest BCUT2D eigenvalue weighted by Crippen LogP contribution is 2.42. The van der Waals surface area contributed by atoms with Gasteiger partial charge in [0.05, 0.1) is 13.7 Å². The Morgan fingerprint density at radius 1 is 1.42 bits per heavy atom. The third kappa shape index (κ3) is 2.74. The molecule has 1 atom stereocenters. The second-order valence-corrected chi connectivity index (χ2v) is 6.02. The summed E-state index contributed by atoms with van der Waals surface area (Å²) in [5.41, 5.74) is 0.243. The minimum absolute atomic E-state index is 0.00206. The molecule has 1 saturated heterocycles. The van der Waals surface area contributed by atoms with Crippen molar-refractivity contribution in [1.82, 2.24) is 5.32 Å². The normalized spacial score (nSPS) is 26.2. The number of rotatable bonds is 3. The molecule has 0 saturated carbocycles. The molecule has 0 spiro atoms. The van der Waals surface area contributed by atoms with E-state index in [0.717, 1.165) is 24.9 Å². The maximum absolute atomic E-state index is 13.6. The van der Waals surface area contributed by atoms with E-state index in [1.165, 1.54) is 12.1 Å². The second-order valence-electron chi connectivity index (χ2n) is 6.02. The lowest BCUT2D eigenvalue weighted by Crippen LogP contribution is -2.54. The van der Waals surface area contributed by atoms with E-state index in [9.17, 15) is 9.50 Å². The molecule has 0 bridgehead atoms. The molecule has 3 nitrogen and oxygen atoms in total. The molecule has 19 heavy (non-hydrogen) atoms. The molecule has 2 N–H and O–H groups in total. The van der Waals surface area contributed by atoms with E-state index >= 15 is 0 Å². The third-order valence-electron chi connectivity index (χ3n) is 4.02. The number of methoxy groups -OCH3 is 1. The standard InChI is InChI=1S/C15H22FNO2/c1-14(2)9-15(10-18,6-7-17-14)12-8-11(16)4-5-13(12)19-3/h4-5,8,17-18H,6-7,9-10H2,1-3H3. The Labute approximate surface area is 113 Å². The van der Waals surface area contributed by atoms with Crippen molar-refractivity contribution in [2.45, 2.75) is 37.6 Å². The van der Waals surface area contributed by atoms with Crippen LogP contribution in [0.1, 0.15) is 32.3 Å². The van der Waals surface area contributed by atoms with Crippen LogP contribution in [0.4, 0.5) is 4.39 Å². The highest BCUT2D eigenvalue weighted by atomic mass is 19.1. The van der Waals surface area contributed by atoms with Crippen molar-refractivity contribution in [3.8, 4) is 5.75 Å². The first-order valence-electron chi connectivity index (χ1n) is 6.62. The van der Waals surface area contributed by atoms with Crippen LogP contribution in [0.3, 0.4) is 0 Å². The maximum Gasteiger partial charge on any atom is 0.123 e. The number of aliphatic hydroxyl groups excluding tert-OH is 1. The summed E-state index contributed by atoms with van der Waals surface area (Å²) in [5, 5.41) is 13.4. The van der Waals surface area contributed by atoms with E-state index < -0.39 is 5.41 Å². The van der Waals surface area contributed by atoms with Gasteiger partial charge in [-0.15, -0.1) is 0 Å². The monoisotopic (exact) mass is 267 g/mol. The molecule has 1 unspecified atom stereocenters. The summed E-state index contributed by atoms with van der Waals surface area (Å²) >= 11 is 0. The molecular formula is C15H22FNO2. The van der Waals surface area contributed by atoms with Crippen LogP contribution >= 0.6 is 0 Å². The van der Waals surface area contributed by atoms with Gasteiger partial charge in [0.25, 0.3) is 0 Å². The number of hydrogen-bond acceptors (Lipinski definition) is 3. The van der Waals surface area contributed by atoms with E-state index in [4.69, 9.17) is 4.74 Å². The first-order chi connectivity index (χ1) is 8.92. The highest BCUT2D eigenvalue weighted by molar-refractivity contribution is 5.41. The van der Waals surface area contributed by atoms with Crippen LogP contribution in [0.2, 0.25) is 0 Å². The molecule has 0 aromatic heterocycles. The molecule has 106 valence electrons. The summed E-state index contributed by atoms with van der Waals surface area (Å²) in [6.45, 7) is 5.00. The van der Waals surface area contributed by atoms with E-state index in [1.807, 2.05) is 0 Å².